The van der Waals surface area contributed by atoms with Gasteiger partial charge >= 0.3 is 0 Å². The van der Waals surface area contributed by atoms with E-state index in [1.807, 2.05) is 6.92 Å². The number of ether oxygens (including phenoxy) is 2. The molecule has 5 nitrogen and oxygen atoms in total. The normalized spacial score (nSPS) is 16.1. The number of hydrogen-bond donors (Lipinski definition) is 2. The van der Waals surface area contributed by atoms with E-state index in [1.165, 1.54) is 18.2 Å². The molecule has 1 saturated heterocycles. The Balaban J connectivity index is 2.02. The summed E-state index contributed by atoms with van der Waals surface area (Å²) in [4.78, 5) is 12.2. The van der Waals surface area contributed by atoms with Gasteiger partial charge in [-0.15, -0.1) is 0 Å². The zero-order valence-electron chi connectivity index (χ0n) is 12.3. The Bertz CT molecular complexity index is 492. The maximum Gasteiger partial charge on any atom is 0.227 e. The number of rotatable bonds is 7. The first kappa shape index (κ1) is 15.7. The SMILES string of the molecule is COCCOc1ccc(F)cc1NC(=O)C(C)C1CNC1. The molecule has 116 valence electrons. The number of amides is 1. The van der Waals surface area contributed by atoms with Crippen LogP contribution in [0.25, 0.3) is 0 Å². The highest BCUT2D eigenvalue weighted by Crippen LogP contribution is 2.27. The average Bonchev–Trinajstić information content (AvgIpc) is 2.39. The molecule has 0 radical (unpaired) electrons. The third-order valence-corrected chi connectivity index (χ3v) is 3.68. The van der Waals surface area contributed by atoms with E-state index in [-0.39, 0.29) is 11.8 Å². The smallest absolute Gasteiger partial charge is 0.227 e. The van der Waals surface area contributed by atoms with Crippen molar-refractivity contribution in [1.82, 2.24) is 5.32 Å². The third-order valence-electron chi connectivity index (χ3n) is 3.68. The lowest BCUT2D eigenvalue weighted by Crippen LogP contribution is -2.48. The minimum atomic E-state index is -0.414. The van der Waals surface area contributed by atoms with Crippen LogP contribution in [0.3, 0.4) is 0 Å². The van der Waals surface area contributed by atoms with E-state index < -0.39 is 5.82 Å². The summed E-state index contributed by atoms with van der Waals surface area (Å²) in [6.07, 6.45) is 0. The fourth-order valence-electron chi connectivity index (χ4n) is 2.09. The number of nitrogens with one attached hydrogen (secondary N) is 2. The molecule has 2 rings (SSSR count). The van der Waals surface area contributed by atoms with Crippen molar-refractivity contribution in [3.63, 3.8) is 0 Å². The maximum absolute atomic E-state index is 13.4. The Hall–Kier alpha value is -1.66. The van der Waals surface area contributed by atoms with Crippen molar-refractivity contribution < 1.29 is 18.7 Å². The first-order chi connectivity index (χ1) is 10.1. The quantitative estimate of drug-likeness (QED) is 0.751. The molecule has 2 N–H and O–H groups in total. The Morgan fingerprint density at radius 1 is 1.48 bits per heavy atom. The summed E-state index contributed by atoms with van der Waals surface area (Å²) in [5.74, 6) is 0.115. The summed E-state index contributed by atoms with van der Waals surface area (Å²) in [5.41, 5.74) is 0.357. The van der Waals surface area contributed by atoms with Crippen LogP contribution in [-0.2, 0) is 9.53 Å². The molecule has 1 atom stereocenters. The molecule has 6 heteroatoms. The summed E-state index contributed by atoms with van der Waals surface area (Å²) < 4.78 is 23.8. The second-order valence-electron chi connectivity index (χ2n) is 5.18. The predicted octanol–water partition coefficient (Wildman–Crippen LogP) is 1.64. The van der Waals surface area contributed by atoms with Crippen molar-refractivity contribution in [3.8, 4) is 5.75 Å². The molecular weight excluding hydrogens is 275 g/mol. The molecule has 0 saturated carbocycles. The van der Waals surface area contributed by atoms with E-state index in [0.717, 1.165) is 13.1 Å². The molecule has 1 amide bonds. The lowest BCUT2D eigenvalue weighted by molar-refractivity contribution is -0.121. The second-order valence-corrected chi connectivity index (χ2v) is 5.18. The van der Waals surface area contributed by atoms with Crippen LogP contribution in [-0.4, -0.2) is 39.3 Å². The lowest BCUT2D eigenvalue weighted by atomic mass is 9.88. The van der Waals surface area contributed by atoms with Crippen molar-refractivity contribution in [2.75, 3.05) is 38.7 Å². The Morgan fingerprint density at radius 3 is 2.86 bits per heavy atom. The van der Waals surface area contributed by atoms with Gasteiger partial charge in [-0.2, -0.15) is 0 Å². The molecule has 1 aliphatic rings. The molecule has 1 aliphatic heterocycles. The van der Waals surface area contributed by atoms with Crippen LogP contribution in [0, 0.1) is 17.7 Å². The first-order valence-corrected chi connectivity index (χ1v) is 7.04. The van der Waals surface area contributed by atoms with Gasteiger partial charge in [-0.05, 0) is 31.1 Å². The van der Waals surface area contributed by atoms with Crippen LogP contribution in [0.5, 0.6) is 5.75 Å². The van der Waals surface area contributed by atoms with E-state index in [4.69, 9.17) is 9.47 Å². The molecule has 1 aromatic rings. The summed E-state index contributed by atoms with van der Waals surface area (Å²) in [6.45, 7) is 4.33. The van der Waals surface area contributed by atoms with Crippen molar-refractivity contribution in [3.05, 3.63) is 24.0 Å². The van der Waals surface area contributed by atoms with Crippen LogP contribution >= 0.6 is 0 Å². The number of anilines is 1. The van der Waals surface area contributed by atoms with Gasteiger partial charge in [0.1, 0.15) is 18.2 Å². The number of benzene rings is 1. The lowest BCUT2D eigenvalue weighted by Gasteiger charge is -2.31. The van der Waals surface area contributed by atoms with E-state index in [2.05, 4.69) is 10.6 Å². The number of halogens is 1. The zero-order valence-corrected chi connectivity index (χ0v) is 12.3. The molecule has 21 heavy (non-hydrogen) atoms. The molecular formula is C15H21FN2O3. The third kappa shape index (κ3) is 4.15. The first-order valence-electron chi connectivity index (χ1n) is 7.04. The van der Waals surface area contributed by atoms with Crippen LogP contribution in [0.1, 0.15) is 6.92 Å². The number of methoxy groups -OCH3 is 1. The van der Waals surface area contributed by atoms with Crippen LogP contribution < -0.4 is 15.4 Å². The molecule has 1 unspecified atom stereocenters. The Labute approximate surface area is 123 Å². The van der Waals surface area contributed by atoms with Crippen molar-refractivity contribution in [2.45, 2.75) is 6.92 Å². The van der Waals surface area contributed by atoms with Gasteiger partial charge in [-0.1, -0.05) is 6.92 Å². The highest BCUT2D eigenvalue weighted by Gasteiger charge is 2.29. The van der Waals surface area contributed by atoms with Crippen LogP contribution in [0.4, 0.5) is 10.1 Å². The topological polar surface area (TPSA) is 59.6 Å². The van der Waals surface area contributed by atoms with Gasteiger partial charge < -0.3 is 20.1 Å². The van der Waals surface area contributed by atoms with Gasteiger partial charge in [-0.25, -0.2) is 4.39 Å². The number of carbonyl (C=O) groups is 1. The molecule has 0 bridgehead atoms. The molecule has 1 fully saturated rings. The molecule has 0 aromatic heterocycles. The fraction of sp³-hybridized carbons (Fsp3) is 0.533. The highest BCUT2D eigenvalue weighted by molar-refractivity contribution is 5.94. The van der Waals surface area contributed by atoms with E-state index in [9.17, 15) is 9.18 Å². The van der Waals surface area contributed by atoms with Gasteiger partial charge in [-0.3, -0.25) is 4.79 Å². The average molecular weight is 296 g/mol. The molecule has 1 aromatic carbocycles. The van der Waals surface area contributed by atoms with Gasteiger partial charge in [0.05, 0.1) is 12.3 Å². The van der Waals surface area contributed by atoms with Crippen molar-refractivity contribution >= 4 is 11.6 Å². The second kappa shape index (κ2) is 7.38. The molecule has 0 spiro atoms. The van der Waals surface area contributed by atoms with E-state index in [1.54, 1.807) is 7.11 Å². The summed E-state index contributed by atoms with van der Waals surface area (Å²) in [5, 5.41) is 5.89. The summed E-state index contributed by atoms with van der Waals surface area (Å²) in [6, 6.07) is 4.08. The van der Waals surface area contributed by atoms with E-state index >= 15 is 0 Å². The number of hydrogen-bond acceptors (Lipinski definition) is 4. The fourth-order valence-corrected chi connectivity index (χ4v) is 2.09. The largest absolute Gasteiger partial charge is 0.489 e. The Kier molecular flexibility index (Phi) is 5.52. The summed E-state index contributed by atoms with van der Waals surface area (Å²) in [7, 11) is 1.57. The summed E-state index contributed by atoms with van der Waals surface area (Å²) >= 11 is 0. The van der Waals surface area contributed by atoms with Crippen LogP contribution in [0.15, 0.2) is 18.2 Å². The molecule has 0 aliphatic carbocycles. The van der Waals surface area contributed by atoms with E-state index in [0.29, 0.717) is 30.6 Å². The molecule has 1 heterocycles. The minimum Gasteiger partial charge on any atom is -0.489 e. The van der Waals surface area contributed by atoms with Gasteiger partial charge in [0, 0.05) is 19.1 Å². The number of carbonyl (C=O) groups excluding carboxylic acids is 1. The van der Waals surface area contributed by atoms with Crippen molar-refractivity contribution in [2.24, 2.45) is 11.8 Å². The van der Waals surface area contributed by atoms with Crippen LogP contribution in [0.2, 0.25) is 0 Å². The maximum atomic E-state index is 13.4. The zero-order chi connectivity index (χ0) is 15.2. The highest BCUT2D eigenvalue weighted by atomic mass is 19.1. The van der Waals surface area contributed by atoms with Crippen molar-refractivity contribution in [1.29, 1.82) is 0 Å². The monoisotopic (exact) mass is 296 g/mol. The Morgan fingerprint density at radius 2 is 2.24 bits per heavy atom. The minimum absolute atomic E-state index is 0.122. The van der Waals surface area contributed by atoms with Gasteiger partial charge in [0.2, 0.25) is 5.91 Å². The predicted molar refractivity (Wildman–Crippen MR) is 77.9 cm³/mol. The van der Waals surface area contributed by atoms with Gasteiger partial charge in [0.15, 0.2) is 0 Å². The van der Waals surface area contributed by atoms with Gasteiger partial charge in [0.25, 0.3) is 0 Å². The standard InChI is InChI=1S/C15H21FN2O3/c1-10(11-8-17-9-11)15(19)18-13-7-12(16)3-4-14(13)21-6-5-20-2/h3-4,7,10-11,17H,5-6,8-9H2,1-2H3,(H,18,19).